The molecule has 0 saturated carbocycles. The van der Waals surface area contributed by atoms with E-state index in [4.69, 9.17) is 33.5 Å². The zero-order chi connectivity index (χ0) is 14.0. The summed E-state index contributed by atoms with van der Waals surface area (Å²) in [5.41, 5.74) is 6.61. The molecule has 19 heavy (non-hydrogen) atoms. The van der Waals surface area contributed by atoms with Gasteiger partial charge in [-0.3, -0.25) is 0 Å². The Kier molecular flexibility index (Phi) is 4.45. The smallest absolute Gasteiger partial charge is 0.231 e. The average Bonchev–Trinajstić information content (AvgIpc) is 2.81. The number of hydrogen-bond acceptors (Lipinski definition) is 4. The van der Waals surface area contributed by atoms with E-state index in [0.717, 1.165) is 5.56 Å². The monoisotopic (exact) mass is 299 g/mol. The molecule has 2 unspecified atom stereocenters. The molecule has 0 spiro atoms. The maximum Gasteiger partial charge on any atom is 0.231 e. The maximum atomic E-state index is 6.11. The lowest BCUT2D eigenvalue weighted by Crippen LogP contribution is -2.22. The third-order valence-electron chi connectivity index (χ3n) is 3.06. The van der Waals surface area contributed by atoms with E-state index in [-0.39, 0.29) is 12.0 Å². The highest BCUT2D eigenvalue weighted by Crippen LogP contribution is 2.26. The van der Waals surface area contributed by atoms with Crippen molar-refractivity contribution < 1.29 is 4.52 Å². The van der Waals surface area contributed by atoms with Gasteiger partial charge in [-0.1, -0.05) is 41.3 Å². The number of aromatic nitrogens is 2. The Morgan fingerprint density at radius 1 is 1.26 bits per heavy atom. The first-order valence-corrected chi connectivity index (χ1v) is 6.75. The van der Waals surface area contributed by atoms with E-state index < -0.39 is 0 Å². The van der Waals surface area contributed by atoms with E-state index in [1.54, 1.807) is 18.2 Å². The van der Waals surface area contributed by atoms with E-state index in [2.05, 4.69) is 10.1 Å². The van der Waals surface area contributed by atoms with Gasteiger partial charge in [-0.2, -0.15) is 4.98 Å². The fraction of sp³-hybridized carbons (Fsp3) is 0.385. The minimum absolute atomic E-state index is 0.0166. The van der Waals surface area contributed by atoms with Crippen LogP contribution in [0.2, 0.25) is 10.0 Å². The molecule has 0 aliphatic heterocycles. The Bertz CT molecular complexity index is 549. The summed E-state index contributed by atoms with van der Waals surface area (Å²) in [6.45, 7) is 3.85. The van der Waals surface area contributed by atoms with E-state index in [1.165, 1.54) is 0 Å². The van der Waals surface area contributed by atoms with Gasteiger partial charge in [-0.05, 0) is 24.6 Å². The molecule has 0 fully saturated rings. The number of nitrogens with two attached hydrogens (primary N) is 1. The Balaban J connectivity index is 2.21. The van der Waals surface area contributed by atoms with Gasteiger partial charge in [0.2, 0.25) is 5.89 Å². The Morgan fingerprint density at radius 2 is 1.89 bits per heavy atom. The van der Waals surface area contributed by atoms with Crippen molar-refractivity contribution in [3.8, 4) is 0 Å². The quantitative estimate of drug-likeness (QED) is 0.939. The van der Waals surface area contributed by atoms with Crippen LogP contribution < -0.4 is 5.73 Å². The zero-order valence-electron chi connectivity index (χ0n) is 10.7. The first-order chi connectivity index (χ1) is 8.99. The SMILES string of the molecule is CC(N)C(C)c1nc(Cc2c(Cl)cccc2Cl)no1. The van der Waals surface area contributed by atoms with Crippen molar-refractivity contribution in [2.75, 3.05) is 0 Å². The molecular weight excluding hydrogens is 285 g/mol. The average molecular weight is 300 g/mol. The van der Waals surface area contributed by atoms with Crippen LogP contribution in [-0.2, 0) is 6.42 Å². The van der Waals surface area contributed by atoms with Crippen molar-refractivity contribution >= 4 is 23.2 Å². The number of hydrogen-bond donors (Lipinski definition) is 1. The fourth-order valence-electron chi connectivity index (χ4n) is 1.61. The van der Waals surface area contributed by atoms with Crippen molar-refractivity contribution in [3.05, 3.63) is 45.5 Å². The van der Waals surface area contributed by atoms with Crippen molar-refractivity contribution in [1.29, 1.82) is 0 Å². The zero-order valence-corrected chi connectivity index (χ0v) is 12.2. The first-order valence-electron chi connectivity index (χ1n) is 6.00. The van der Waals surface area contributed by atoms with Crippen LogP contribution in [0.25, 0.3) is 0 Å². The molecular formula is C13H15Cl2N3O. The Labute approximate surface area is 121 Å². The summed E-state index contributed by atoms with van der Waals surface area (Å²) in [5.74, 6) is 1.11. The van der Waals surface area contributed by atoms with E-state index >= 15 is 0 Å². The topological polar surface area (TPSA) is 64.9 Å². The molecule has 2 aromatic rings. The second-order valence-electron chi connectivity index (χ2n) is 4.57. The second-order valence-corrected chi connectivity index (χ2v) is 5.39. The summed E-state index contributed by atoms with van der Waals surface area (Å²) in [4.78, 5) is 4.33. The highest BCUT2D eigenvalue weighted by atomic mass is 35.5. The van der Waals surface area contributed by atoms with Gasteiger partial charge in [-0.25, -0.2) is 0 Å². The molecule has 0 saturated heterocycles. The van der Waals surface area contributed by atoms with Crippen LogP contribution in [-0.4, -0.2) is 16.2 Å². The summed E-state index contributed by atoms with van der Waals surface area (Å²) in [6, 6.07) is 5.33. The van der Waals surface area contributed by atoms with Crippen LogP contribution in [0, 0.1) is 0 Å². The van der Waals surface area contributed by atoms with Gasteiger partial charge in [0.1, 0.15) is 0 Å². The predicted octanol–water partition coefficient (Wildman–Crippen LogP) is 3.42. The molecule has 1 aromatic heterocycles. The van der Waals surface area contributed by atoms with E-state index in [0.29, 0.717) is 28.2 Å². The molecule has 102 valence electrons. The van der Waals surface area contributed by atoms with Gasteiger partial charge in [0.15, 0.2) is 5.82 Å². The van der Waals surface area contributed by atoms with Crippen LogP contribution in [0.5, 0.6) is 0 Å². The predicted molar refractivity (Wildman–Crippen MR) is 75.6 cm³/mol. The summed E-state index contributed by atoms with van der Waals surface area (Å²) < 4.78 is 5.21. The van der Waals surface area contributed by atoms with Gasteiger partial charge in [0.25, 0.3) is 0 Å². The molecule has 0 bridgehead atoms. The lowest BCUT2D eigenvalue weighted by molar-refractivity contribution is 0.343. The standard InChI is InChI=1S/C13H15Cl2N3O/c1-7(8(2)16)13-17-12(18-19-13)6-9-10(14)4-3-5-11(9)15/h3-5,7-8H,6,16H2,1-2H3. The van der Waals surface area contributed by atoms with Crippen molar-refractivity contribution in [3.63, 3.8) is 0 Å². The largest absolute Gasteiger partial charge is 0.339 e. The molecule has 4 nitrogen and oxygen atoms in total. The molecule has 6 heteroatoms. The Hall–Kier alpha value is -1.10. The van der Waals surface area contributed by atoms with Crippen molar-refractivity contribution in [1.82, 2.24) is 10.1 Å². The lowest BCUT2D eigenvalue weighted by Gasteiger charge is -2.09. The summed E-state index contributed by atoms with van der Waals surface area (Å²) >= 11 is 12.2. The van der Waals surface area contributed by atoms with Gasteiger partial charge in [-0.15, -0.1) is 0 Å². The van der Waals surface area contributed by atoms with E-state index in [9.17, 15) is 0 Å². The van der Waals surface area contributed by atoms with Gasteiger partial charge >= 0.3 is 0 Å². The van der Waals surface area contributed by atoms with Crippen LogP contribution in [0.4, 0.5) is 0 Å². The molecule has 0 radical (unpaired) electrons. The molecule has 1 heterocycles. The molecule has 2 atom stereocenters. The number of benzene rings is 1. The highest BCUT2D eigenvalue weighted by molar-refractivity contribution is 6.36. The second kappa shape index (κ2) is 5.90. The fourth-order valence-corrected chi connectivity index (χ4v) is 2.14. The molecule has 2 N–H and O–H groups in total. The highest BCUT2D eigenvalue weighted by Gasteiger charge is 2.18. The van der Waals surface area contributed by atoms with Gasteiger partial charge in [0.05, 0.1) is 5.92 Å². The third kappa shape index (κ3) is 3.26. The van der Waals surface area contributed by atoms with E-state index in [1.807, 2.05) is 13.8 Å². The lowest BCUT2D eigenvalue weighted by atomic mass is 10.1. The number of halogens is 2. The minimum atomic E-state index is -0.0443. The molecule has 0 aliphatic rings. The molecule has 2 rings (SSSR count). The number of nitrogens with zero attached hydrogens (tertiary/aromatic N) is 2. The summed E-state index contributed by atoms with van der Waals surface area (Å²) in [5, 5.41) is 5.13. The van der Waals surface area contributed by atoms with Crippen molar-refractivity contribution in [2.45, 2.75) is 32.2 Å². The summed E-state index contributed by atoms with van der Waals surface area (Å²) in [7, 11) is 0. The van der Waals surface area contributed by atoms with Crippen LogP contribution in [0.1, 0.15) is 37.0 Å². The van der Waals surface area contributed by atoms with Crippen LogP contribution >= 0.6 is 23.2 Å². The number of rotatable bonds is 4. The van der Waals surface area contributed by atoms with Crippen LogP contribution in [0.3, 0.4) is 0 Å². The summed E-state index contributed by atoms with van der Waals surface area (Å²) in [6.07, 6.45) is 0.438. The molecule has 0 amide bonds. The maximum absolute atomic E-state index is 6.11. The molecule has 1 aromatic carbocycles. The molecule has 0 aliphatic carbocycles. The van der Waals surface area contributed by atoms with Gasteiger partial charge in [0, 0.05) is 22.5 Å². The normalized spacial score (nSPS) is 14.4. The van der Waals surface area contributed by atoms with Crippen molar-refractivity contribution in [2.24, 2.45) is 5.73 Å². The van der Waals surface area contributed by atoms with Gasteiger partial charge < -0.3 is 10.3 Å². The van der Waals surface area contributed by atoms with Crippen LogP contribution in [0.15, 0.2) is 22.7 Å². The minimum Gasteiger partial charge on any atom is -0.339 e. The first kappa shape index (κ1) is 14.3. The third-order valence-corrected chi connectivity index (χ3v) is 3.77. The Morgan fingerprint density at radius 3 is 2.47 bits per heavy atom.